The lowest BCUT2D eigenvalue weighted by atomic mass is 10.1. The average molecular weight is 151 g/mol. The molecule has 0 rings (SSSR count). The van der Waals surface area contributed by atoms with Crippen LogP contribution in [0.4, 0.5) is 0 Å². The molecule has 0 saturated heterocycles. The van der Waals surface area contributed by atoms with Crippen LogP contribution in [0.1, 0.15) is 20.3 Å². The lowest BCUT2D eigenvalue weighted by molar-refractivity contribution is 0.443. The molecule has 0 radical (unpaired) electrons. The molecule has 0 aromatic carbocycles. The van der Waals surface area contributed by atoms with Gasteiger partial charge in [0.25, 0.3) is 0 Å². The number of rotatable bonds is 3. The second-order valence-electron chi connectivity index (χ2n) is 2.52. The van der Waals surface area contributed by atoms with Crippen LogP contribution in [-0.2, 0) is 0 Å². The Hall–Kier alpha value is 0.310. The van der Waals surface area contributed by atoms with Gasteiger partial charge in [0.1, 0.15) is 0 Å². The third kappa shape index (κ3) is 4.79. The SMILES string of the molecule is CC(C)C[C@H](N)P(O)O. The maximum Gasteiger partial charge on any atom is 0.183 e. The van der Waals surface area contributed by atoms with E-state index in [0.29, 0.717) is 12.3 Å². The van der Waals surface area contributed by atoms with Crippen molar-refractivity contribution in [1.82, 2.24) is 0 Å². The highest BCUT2D eigenvalue weighted by atomic mass is 31.2. The van der Waals surface area contributed by atoms with E-state index >= 15 is 0 Å². The van der Waals surface area contributed by atoms with Crippen LogP contribution in [0, 0.1) is 5.92 Å². The topological polar surface area (TPSA) is 66.5 Å². The van der Waals surface area contributed by atoms with Gasteiger partial charge < -0.3 is 15.5 Å². The molecule has 4 heteroatoms. The van der Waals surface area contributed by atoms with Gasteiger partial charge in [0.2, 0.25) is 0 Å². The molecule has 0 aliphatic rings. The van der Waals surface area contributed by atoms with Gasteiger partial charge in [-0.05, 0) is 12.3 Å². The van der Waals surface area contributed by atoms with E-state index in [9.17, 15) is 0 Å². The molecule has 1 atom stereocenters. The third-order valence-electron chi connectivity index (χ3n) is 1.01. The average Bonchev–Trinajstić information content (AvgIpc) is 1.63. The molecule has 4 N–H and O–H groups in total. The van der Waals surface area contributed by atoms with Crippen LogP contribution in [0.5, 0.6) is 0 Å². The summed E-state index contributed by atoms with van der Waals surface area (Å²) in [4.78, 5) is 17.1. The summed E-state index contributed by atoms with van der Waals surface area (Å²) >= 11 is 0. The largest absolute Gasteiger partial charge is 0.349 e. The molecule has 0 aromatic rings. The third-order valence-corrected chi connectivity index (χ3v) is 1.81. The summed E-state index contributed by atoms with van der Waals surface area (Å²) in [7, 11) is -1.92. The van der Waals surface area contributed by atoms with Gasteiger partial charge in [0, 0.05) is 0 Å². The smallest absolute Gasteiger partial charge is 0.183 e. The van der Waals surface area contributed by atoms with Crippen molar-refractivity contribution in [3.05, 3.63) is 0 Å². The first-order valence-electron chi connectivity index (χ1n) is 2.96. The fraction of sp³-hybridized carbons (Fsp3) is 1.00. The van der Waals surface area contributed by atoms with Crippen molar-refractivity contribution in [2.75, 3.05) is 0 Å². The van der Waals surface area contributed by atoms with Crippen molar-refractivity contribution >= 4 is 8.38 Å². The zero-order valence-electron chi connectivity index (χ0n) is 5.78. The van der Waals surface area contributed by atoms with Crippen molar-refractivity contribution < 1.29 is 9.79 Å². The molecule has 0 saturated carbocycles. The highest BCUT2D eigenvalue weighted by molar-refractivity contribution is 7.45. The van der Waals surface area contributed by atoms with E-state index < -0.39 is 14.2 Å². The molecule has 0 aromatic heterocycles. The van der Waals surface area contributed by atoms with Crippen LogP contribution in [0.25, 0.3) is 0 Å². The van der Waals surface area contributed by atoms with Crippen LogP contribution < -0.4 is 5.73 Å². The second-order valence-corrected chi connectivity index (χ2v) is 3.82. The van der Waals surface area contributed by atoms with E-state index in [1.165, 1.54) is 0 Å². The van der Waals surface area contributed by atoms with Crippen LogP contribution >= 0.6 is 8.38 Å². The molecule has 9 heavy (non-hydrogen) atoms. The summed E-state index contributed by atoms with van der Waals surface area (Å²) in [5, 5.41) is 0. The molecule has 0 aliphatic carbocycles. The summed E-state index contributed by atoms with van der Waals surface area (Å²) in [6, 6.07) is 0. The van der Waals surface area contributed by atoms with Gasteiger partial charge >= 0.3 is 0 Å². The first-order valence-corrected chi connectivity index (χ1v) is 4.28. The van der Waals surface area contributed by atoms with Gasteiger partial charge in [-0.15, -0.1) is 0 Å². The fourth-order valence-electron chi connectivity index (χ4n) is 0.577. The standard InChI is InChI=1S/C5H14NO2P/c1-4(2)3-5(6)9(7)8/h4-5,7-8H,3,6H2,1-2H3/t5-/m1/s1. The molecular formula is C5H14NO2P. The Kier molecular flexibility index (Phi) is 4.32. The number of hydrogen-bond acceptors (Lipinski definition) is 3. The minimum atomic E-state index is -1.92. The van der Waals surface area contributed by atoms with Gasteiger partial charge in [-0.2, -0.15) is 0 Å². The predicted molar refractivity (Wildman–Crippen MR) is 38.8 cm³/mol. The van der Waals surface area contributed by atoms with Gasteiger partial charge in [-0.1, -0.05) is 13.8 Å². The van der Waals surface area contributed by atoms with Crippen molar-refractivity contribution in [1.29, 1.82) is 0 Å². The fourth-order valence-corrected chi connectivity index (χ4v) is 1.19. The molecule has 3 nitrogen and oxygen atoms in total. The predicted octanol–water partition coefficient (Wildman–Crippen LogP) is 0.614. The van der Waals surface area contributed by atoms with Crippen molar-refractivity contribution in [2.45, 2.75) is 26.1 Å². The zero-order valence-corrected chi connectivity index (χ0v) is 6.68. The van der Waals surface area contributed by atoms with Gasteiger partial charge in [-0.3, -0.25) is 0 Å². The van der Waals surface area contributed by atoms with Crippen molar-refractivity contribution in [3.8, 4) is 0 Å². The number of nitrogens with two attached hydrogens (primary N) is 1. The van der Waals surface area contributed by atoms with Crippen LogP contribution in [0.2, 0.25) is 0 Å². The van der Waals surface area contributed by atoms with Gasteiger partial charge in [0.05, 0.1) is 5.78 Å². The van der Waals surface area contributed by atoms with Gasteiger partial charge in [0.15, 0.2) is 8.38 Å². The summed E-state index contributed by atoms with van der Waals surface area (Å²) in [5.41, 5.74) is 5.35. The summed E-state index contributed by atoms with van der Waals surface area (Å²) in [6.07, 6.45) is 0.679. The normalized spacial score (nSPS) is 15.0. The van der Waals surface area contributed by atoms with E-state index in [0.717, 1.165) is 0 Å². The Labute approximate surface area is 56.8 Å². The quantitative estimate of drug-likeness (QED) is 0.518. The zero-order chi connectivity index (χ0) is 7.44. The molecular weight excluding hydrogens is 137 g/mol. The number of hydrogen-bond donors (Lipinski definition) is 3. The lowest BCUT2D eigenvalue weighted by Gasteiger charge is -2.13. The summed E-state index contributed by atoms with van der Waals surface area (Å²) < 4.78 is 0. The maximum absolute atomic E-state index is 8.57. The monoisotopic (exact) mass is 151 g/mol. The minimum Gasteiger partial charge on any atom is -0.349 e. The Balaban J connectivity index is 3.38. The lowest BCUT2D eigenvalue weighted by Crippen LogP contribution is -2.19. The van der Waals surface area contributed by atoms with E-state index in [2.05, 4.69) is 0 Å². The van der Waals surface area contributed by atoms with E-state index in [1.807, 2.05) is 13.8 Å². The minimum absolute atomic E-state index is 0.431. The molecule has 0 heterocycles. The first kappa shape index (κ1) is 9.31. The molecule has 0 amide bonds. The van der Waals surface area contributed by atoms with Gasteiger partial charge in [-0.25, -0.2) is 0 Å². The Morgan fingerprint density at radius 1 is 1.44 bits per heavy atom. The summed E-state index contributed by atoms with van der Waals surface area (Å²) in [6.45, 7) is 4.00. The maximum atomic E-state index is 8.57. The molecule has 0 unspecified atom stereocenters. The molecule has 0 spiro atoms. The van der Waals surface area contributed by atoms with Crippen LogP contribution in [0.15, 0.2) is 0 Å². The molecule has 0 bridgehead atoms. The second kappa shape index (κ2) is 4.18. The van der Waals surface area contributed by atoms with E-state index in [4.69, 9.17) is 15.5 Å². The van der Waals surface area contributed by atoms with E-state index in [-0.39, 0.29) is 0 Å². The highest BCUT2D eigenvalue weighted by Crippen LogP contribution is 2.30. The molecule has 0 fully saturated rings. The van der Waals surface area contributed by atoms with E-state index in [1.54, 1.807) is 0 Å². The molecule has 56 valence electrons. The van der Waals surface area contributed by atoms with Crippen LogP contribution in [0.3, 0.4) is 0 Å². The van der Waals surface area contributed by atoms with Crippen LogP contribution in [-0.4, -0.2) is 15.6 Å². The Bertz CT molecular complexity index is 77.4. The first-order chi connectivity index (χ1) is 4.04. The summed E-state index contributed by atoms with van der Waals surface area (Å²) in [5.74, 6) is 0.00398. The van der Waals surface area contributed by atoms with Crippen molar-refractivity contribution in [3.63, 3.8) is 0 Å². The Morgan fingerprint density at radius 2 is 1.89 bits per heavy atom. The van der Waals surface area contributed by atoms with Crippen molar-refractivity contribution in [2.24, 2.45) is 11.7 Å². The highest BCUT2D eigenvalue weighted by Gasteiger charge is 2.12. The Morgan fingerprint density at radius 3 is 2.00 bits per heavy atom. The molecule has 0 aliphatic heterocycles.